The maximum atomic E-state index is 13.2. The van der Waals surface area contributed by atoms with Crippen LogP contribution in [-0.2, 0) is 9.53 Å². The first kappa shape index (κ1) is 25.6. The van der Waals surface area contributed by atoms with E-state index in [0.717, 1.165) is 12.0 Å². The number of nitrogens with zero attached hydrogens (tertiary/aromatic N) is 3. The van der Waals surface area contributed by atoms with Gasteiger partial charge in [-0.2, -0.15) is 0 Å². The first-order chi connectivity index (χ1) is 16.4. The highest BCUT2D eigenvalue weighted by Gasteiger charge is 2.39. The number of amides is 4. The predicted molar refractivity (Wildman–Crippen MR) is 130 cm³/mol. The van der Waals surface area contributed by atoms with Gasteiger partial charge in [-0.15, -0.1) is 0 Å². The number of carbonyl (C=O) groups excluding carboxylic acids is 3. The third kappa shape index (κ3) is 5.70. The number of nitrogens with one attached hydrogen (secondary N) is 2. The molecule has 1 saturated heterocycles. The van der Waals surface area contributed by atoms with Crippen LogP contribution >= 0.6 is 0 Å². The smallest absolute Gasteiger partial charge is 0.338 e. The molecule has 2 heterocycles. The van der Waals surface area contributed by atoms with E-state index in [1.54, 1.807) is 11.8 Å². The van der Waals surface area contributed by atoms with Crippen molar-refractivity contribution in [3.05, 3.63) is 47.2 Å². The van der Waals surface area contributed by atoms with E-state index in [9.17, 15) is 14.4 Å². The second-order valence-corrected chi connectivity index (χ2v) is 8.63. The zero-order valence-corrected chi connectivity index (χ0v) is 20.7. The summed E-state index contributed by atoms with van der Waals surface area (Å²) in [7, 11) is 0. The van der Waals surface area contributed by atoms with Crippen LogP contribution in [0.3, 0.4) is 0 Å². The largest absolute Gasteiger partial charge is 0.463 e. The Kier molecular flexibility index (Phi) is 8.92. The highest BCUT2D eigenvalue weighted by Crippen LogP contribution is 2.32. The summed E-state index contributed by atoms with van der Waals surface area (Å²) >= 11 is 0. The summed E-state index contributed by atoms with van der Waals surface area (Å²) in [4.78, 5) is 44.4. The van der Waals surface area contributed by atoms with E-state index in [4.69, 9.17) is 4.74 Å². The lowest BCUT2D eigenvalue weighted by Crippen LogP contribution is -2.58. The van der Waals surface area contributed by atoms with Crippen LogP contribution in [0.4, 0.5) is 9.59 Å². The van der Waals surface area contributed by atoms with Gasteiger partial charge in [0.2, 0.25) is 0 Å². The van der Waals surface area contributed by atoms with E-state index in [2.05, 4.69) is 15.5 Å². The first-order valence-corrected chi connectivity index (χ1v) is 12.2. The fourth-order valence-electron chi connectivity index (χ4n) is 4.58. The molecule has 0 bridgehead atoms. The predicted octanol–water partition coefficient (Wildman–Crippen LogP) is 2.72. The molecule has 0 unspecified atom stereocenters. The first-order valence-electron chi connectivity index (χ1n) is 12.2. The molecule has 4 amide bonds. The Balaban J connectivity index is 1.90. The number of likely N-dealkylation sites (N-methyl/N-ethyl adjacent to an activating group) is 1. The molecule has 0 radical (unpaired) electrons. The molecule has 1 aromatic carbocycles. The van der Waals surface area contributed by atoms with Crippen LogP contribution in [0.2, 0.25) is 0 Å². The number of rotatable bonds is 8. The Morgan fingerprint density at radius 2 is 1.88 bits per heavy atom. The van der Waals surface area contributed by atoms with Crippen LogP contribution in [0.15, 0.2) is 41.6 Å². The third-order valence-electron chi connectivity index (χ3n) is 6.25. The number of benzene rings is 1. The van der Waals surface area contributed by atoms with Crippen molar-refractivity contribution >= 4 is 18.0 Å². The molecule has 1 aromatic rings. The number of esters is 1. The summed E-state index contributed by atoms with van der Waals surface area (Å²) in [5.41, 5.74) is 1.96. The molecule has 0 saturated carbocycles. The summed E-state index contributed by atoms with van der Waals surface area (Å²) in [5, 5.41) is 5.94. The van der Waals surface area contributed by atoms with Crippen molar-refractivity contribution in [2.75, 3.05) is 45.9 Å². The number of urea groups is 2. The van der Waals surface area contributed by atoms with E-state index in [1.807, 2.05) is 56.0 Å². The van der Waals surface area contributed by atoms with Gasteiger partial charge in [-0.05, 0) is 32.8 Å². The van der Waals surface area contributed by atoms with Gasteiger partial charge >= 0.3 is 18.0 Å². The molecule has 1 fully saturated rings. The highest BCUT2D eigenvalue weighted by atomic mass is 16.5. The Labute approximate surface area is 202 Å². The molecule has 9 nitrogen and oxygen atoms in total. The van der Waals surface area contributed by atoms with Gasteiger partial charge in [0.1, 0.15) is 0 Å². The summed E-state index contributed by atoms with van der Waals surface area (Å²) in [6.07, 6.45) is 0.891. The van der Waals surface area contributed by atoms with Gasteiger partial charge < -0.3 is 20.3 Å². The molecule has 0 aliphatic carbocycles. The van der Waals surface area contributed by atoms with Crippen molar-refractivity contribution in [3.63, 3.8) is 0 Å². The van der Waals surface area contributed by atoms with Crippen LogP contribution in [-0.4, -0.2) is 84.6 Å². The Morgan fingerprint density at radius 1 is 1.15 bits per heavy atom. The molecule has 9 heteroatoms. The lowest BCUT2D eigenvalue weighted by atomic mass is 9.94. The Bertz CT molecular complexity index is 904. The van der Waals surface area contributed by atoms with E-state index in [-0.39, 0.29) is 24.7 Å². The standard InChI is InChI=1S/C25H37N5O4/c1-5-13-26-24(32)30-15-14-28(16-18(30)4)17-20-21(23(31)34-7-3)22(19-11-9-8-10-12-19)27-25(33)29(20)6-2/h8-12,18,22H,5-7,13-17H2,1-4H3,(H,26,32)(H,27,33)/t18-,22+/m1/s1. The molecular weight excluding hydrogens is 434 g/mol. The van der Waals surface area contributed by atoms with Crippen LogP contribution in [0, 0.1) is 0 Å². The van der Waals surface area contributed by atoms with Crippen molar-refractivity contribution in [2.45, 2.75) is 46.2 Å². The normalized spacial score (nSPS) is 21.4. The molecule has 0 spiro atoms. The van der Waals surface area contributed by atoms with Crippen LogP contribution in [0.5, 0.6) is 0 Å². The van der Waals surface area contributed by atoms with Crippen molar-refractivity contribution in [1.29, 1.82) is 0 Å². The lowest BCUT2D eigenvalue weighted by Gasteiger charge is -2.42. The molecule has 2 atom stereocenters. The zero-order chi connectivity index (χ0) is 24.7. The SMILES string of the molecule is CCCNC(=O)N1CCN(CC2=C(C(=O)OCC)[C@H](c3ccccc3)NC(=O)N2CC)C[C@H]1C. The van der Waals surface area contributed by atoms with E-state index in [0.29, 0.717) is 50.5 Å². The fraction of sp³-hybridized carbons (Fsp3) is 0.560. The van der Waals surface area contributed by atoms with E-state index >= 15 is 0 Å². The Morgan fingerprint density at radius 3 is 2.50 bits per heavy atom. The van der Waals surface area contributed by atoms with Gasteiger partial charge in [-0.25, -0.2) is 14.4 Å². The molecule has 2 aliphatic heterocycles. The molecule has 3 rings (SSSR count). The highest BCUT2D eigenvalue weighted by molar-refractivity contribution is 5.95. The monoisotopic (exact) mass is 471 g/mol. The maximum Gasteiger partial charge on any atom is 0.338 e. The van der Waals surface area contributed by atoms with Gasteiger partial charge in [0, 0.05) is 51.0 Å². The summed E-state index contributed by atoms with van der Waals surface area (Å²) in [6.45, 7) is 11.4. The number of hydrogen-bond donors (Lipinski definition) is 2. The fourth-order valence-corrected chi connectivity index (χ4v) is 4.58. The average molecular weight is 472 g/mol. The van der Waals surface area contributed by atoms with Crippen molar-refractivity contribution in [2.24, 2.45) is 0 Å². The van der Waals surface area contributed by atoms with Crippen molar-refractivity contribution in [1.82, 2.24) is 25.3 Å². The quantitative estimate of drug-likeness (QED) is 0.569. The number of carbonyl (C=O) groups is 3. The summed E-state index contributed by atoms with van der Waals surface area (Å²) in [5.74, 6) is -0.421. The van der Waals surface area contributed by atoms with Gasteiger partial charge in [0.25, 0.3) is 0 Å². The third-order valence-corrected chi connectivity index (χ3v) is 6.25. The second-order valence-electron chi connectivity index (χ2n) is 8.63. The second kappa shape index (κ2) is 11.9. The van der Waals surface area contributed by atoms with Crippen molar-refractivity contribution < 1.29 is 19.1 Å². The minimum Gasteiger partial charge on any atom is -0.463 e. The minimum absolute atomic E-state index is 0.00895. The van der Waals surface area contributed by atoms with Gasteiger partial charge in [0.05, 0.1) is 18.2 Å². The lowest BCUT2D eigenvalue weighted by molar-refractivity contribution is -0.139. The van der Waals surface area contributed by atoms with Gasteiger partial charge in [-0.3, -0.25) is 9.80 Å². The zero-order valence-electron chi connectivity index (χ0n) is 20.7. The van der Waals surface area contributed by atoms with Gasteiger partial charge in [0.15, 0.2) is 0 Å². The van der Waals surface area contributed by atoms with Crippen LogP contribution in [0.1, 0.15) is 45.7 Å². The van der Waals surface area contributed by atoms with Crippen LogP contribution in [0.25, 0.3) is 0 Å². The molecule has 2 aliphatic rings. The van der Waals surface area contributed by atoms with Crippen molar-refractivity contribution in [3.8, 4) is 0 Å². The van der Waals surface area contributed by atoms with Crippen LogP contribution < -0.4 is 10.6 Å². The molecular formula is C25H37N5O4. The Hall–Kier alpha value is -3.07. The number of hydrogen-bond acceptors (Lipinski definition) is 5. The van der Waals surface area contributed by atoms with Gasteiger partial charge in [-0.1, -0.05) is 37.3 Å². The average Bonchev–Trinajstić information content (AvgIpc) is 2.83. The molecule has 2 N–H and O–H groups in total. The number of piperazine rings is 1. The maximum absolute atomic E-state index is 13.2. The number of ether oxygens (including phenoxy) is 1. The topological polar surface area (TPSA) is 94.2 Å². The molecule has 34 heavy (non-hydrogen) atoms. The summed E-state index contributed by atoms with van der Waals surface area (Å²) < 4.78 is 5.43. The molecule has 0 aromatic heterocycles. The summed E-state index contributed by atoms with van der Waals surface area (Å²) in [6, 6.07) is 8.64. The minimum atomic E-state index is -0.580. The molecule has 186 valence electrons. The van der Waals surface area contributed by atoms with E-state index in [1.165, 1.54) is 0 Å². The van der Waals surface area contributed by atoms with E-state index < -0.39 is 12.0 Å².